The largest absolute Gasteiger partial charge is 0.398 e. The number of hydrogen-bond donors (Lipinski definition) is 2. The summed E-state index contributed by atoms with van der Waals surface area (Å²) in [5, 5.41) is 5.79. The maximum Gasteiger partial charge on any atom is 0.398 e. The number of ether oxygens (including phenoxy) is 1. The lowest BCUT2D eigenvalue weighted by molar-refractivity contribution is -0.877. The van der Waals surface area contributed by atoms with Crippen molar-refractivity contribution in [1.82, 2.24) is 0 Å². The zero-order valence-electron chi connectivity index (χ0n) is 12.9. The molecule has 4 nitrogen and oxygen atoms in total. The van der Waals surface area contributed by atoms with Gasteiger partial charge in [0.2, 0.25) is 0 Å². The van der Waals surface area contributed by atoms with Crippen molar-refractivity contribution < 1.29 is 14.7 Å². The SMILES string of the molecule is C(#Cc1ccccc1)C1=C[NH+]2N=C(C3CCOCC3)C=C2[NH+]=C1. The second-order valence-corrected chi connectivity index (χ2v) is 5.87. The highest BCUT2D eigenvalue weighted by atomic mass is 16.5. The quantitative estimate of drug-likeness (QED) is 0.682. The van der Waals surface area contributed by atoms with Crippen molar-refractivity contribution in [3.8, 4) is 11.8 Å². The van der Waals surface area contributed by atoms with Crippen molar-refractivity contribution in [3.05, 3.63) is 59.6 Å². The van der Waals surface area contributed by atoms with E-state index < -0.39 is 0 Å². The average molecular weight is 305 g/mol. The highest BCUT2D eigenvalue weighted by molar-refractivity contribution is 5.97. The van der Waals surface area contributed by atoms with E-state index in [1.54, 1.807) is 0 Å². The normalized spacial score (nSPS) is 23.3. The second kappa shape index (κ2) is 6.33. The molecule has 2 N–H and O–H groups in total. The zero-order valence-corrected chi connectivity index (χ0v) is 12.9. The summed E-state index contributed by atoms with van der Waals surface area (Å²) in [7, 11) is 0. The van der Waals surface area contributed by atoms with Crippen molar-refractivity contribution in [2.75, 3.05) is 13.2 Å². The number of allylic oxidation sites excluding steroid dienone is 2. The van der Waals surface area contributed by atoms with E-state index in [9.17, 15) is 0 Å². The van der Waals surface area contributed by atoms with Gasteiger partial charge in [-0.05, 0) is 30.9 Å². The van der Waals surface area contributed by atoms with Crippen LogP contribution >= 0.6 is 0 Å². The smallest absolute Gasteiger partial charge is 0.381 e. The van der Waals surface area contributed by atoms with Gasteiger partial charge in [-0.1, -0.05) is 34.2 Å². The van der Waals surface area contributed by atoms with Crippen LogP contribution in [0.15, 0.2) is 59.1 Å². The lowest BCUT2D eigenvalue weighted by Crippen LogP contribution is -3.10. The molecule has 0 saturated carbocycles. The van der Waals surface area contributed by atoms with Crippen molar-refractivity contribution in [3.63, 3.8) is 0 Å². The molecule has 1 aromatic carbocycles. The predicted molar refractivity (Wildman–Crippen MR) is 88.5 cm³/mol. The van der Waals surface area contributed by atoms with Crippen molar-refractivity contribution in [2.24, 2.45) is 11.0 Å². The summed E-state index contributed by atoms with van der Waals surface area (Å²) in [6.45, 7) is 1.68. The van der Waals surface area contributed by atoms with E-state index in [2.05, 4.69) is 29.1 Å². The molecule has 0 radical (unpaired) electrons. The number of benzene rings is 1. The first-order valence-corrected chi connectivity index (χ1v) is 8.02. The van der Waals surface area contributed by atoms with Crippen LogP contribution in [-0.2, 0) is 4.74 Å². The minimum absolute atomic E-state index is 0.517. The van der Waals surface area contributed by atoms with Gasteiger partial charge in [0.1, 0.15) is 17.4 Å². The molecule has 0 aliphatic carbocycles. The molecule has 3 aliphatic heterocycles. The van der Waals surface area contributed by atoms with Gasteiger partial charge in [-0.15, -0.1) is 0 Å². The molecule has 114 valence electrons. The summed E-state index contributed by atoms with van der Waals surface area (Å²) in [6, 6.07) is 10.0. The van der Waals surface area contributed by atoms with Gasteiger partial charge >= 0.3 is 5.82 Å². The third-order valence-electron chi connectivity index (χ3n) is 4.26. The van der Waals surface area contributed by atoms with E-state index >= 15 is 0 Å². The third-order valence-corrected chi connectivity index (χ3v) is 4.26. The minimum atomic E-state index is 0.517. The van der Waals surface area contributed by atoms with Crippen molar-refractivity contribution >= 4 is 11.9 Å². The maximum absolute atomic E-state index is 5.43. The fourth-order valence-electron chi connectivity index (χ4n) is 2.96. The van der Waals surface area contributed by atoms with Crippen LogP contribution < -0.4 is 10.0 Å². The van der Waals surface area contributed by atoms with Crippen LogP contribution in [-0.4, -0.2) is 25.1 Å². The van der Waals surface area contributed by atoms with Crippen LogP contribution in [0, 0.1) is 17.8 Å². The molecule has 0 spiro atoms. The van der Waals surface area contributed by atoms with Gasteiger partial charge in [-0.3, -0.25) is 0 Å². The summed E-state index contributed by atoms with van der Waals surface area (Å²) in [5.74, 6) is 7.98. The molecule has 1 saturated heterocycles. The van der Waals surface area contributed by atoms with Gasteiger partial charge in [0.05, 0.1) is 0 Å². The average Bonchev–Trinajstić information content (AvgIpc) is 3.05. The fraction of sp³-hybridized carbons (Fsp3) is 0.263. The molecule has 4 heteroatoms. The number of hydrogen-bond acceptors (Lipinski definition) is 2. The molecule has 0 amide bonds. The molecular weight excluding hydrogens is 286 g/mol. The van der Waals surface area contributed by atoms with E-state index in [1.165, 1.54) is 5.71 Å². The Bertz CT molecular complexity index is 772. The number of rotatable bonds is 1. The van der Waals surface area contributed by atoms with Gasteiger partial charge in [-0.25, -0.2) is 0 Å². The standard InChI is InChI=1S/C19H17N3O/c1-2-4-15(5-3-1)6-7-16-13-20-19-12-18(21-22(19)14-16)17-8-10-23-11-9-17/h1-5,12-14,17H,8-11H2/p+2. The topological polar surface area (TPSA) is 40.0 Å². The molecule has 1 atom stereocenters. The molecule has 23 heavy (non-hydrogen) atoms. The molecule has 3 heterocycles. The molecule has 4 rings (SSSR count). The maximum atomic E-state index is 5.43. The van der Waals surface area contributed by atoms with Crippen LogP contribution in [0.4, 0.5) is 0 Å². The highest BCUT2D eigenvalue weighted by Crippen LogP contribution is 2.18. The molecular formula is C19H19N3O+2. The van der Waals surface area contributed by atoms with E-state index in [-0.39, 0.29) is 0 Å². The van der Waals surface area contributed by atoms with Crippen LogP contribution in [0.5, 0.6) is 0 Å². The van der Waals surface area contributed by atoms with E-state index in [4.69, 9.17) is 9.84 Å². The Hall–Kier alpha value is -2.48. The lowest BCUT2D eigenvalue weighted by atomic mass is 9.95. The third kappa shape index (κ3) is 3.16. The van der Waals surface area contributed by atoms with Gasteiger partial charge < -0.3 is 4.74 Å². The number of fused-ring (bicyclic) bond motifs is 1. The van der Waals surface area contributed by atoms with Gasteiger partial charge in [0.25, 0.3) is 0 Å². The van der Waals surface area contributed by atoms with Crippen molar-refractivity contribution in [2.45, 2.75) is 12.8 Å². The Kier molecular flexibility index (Phi) is 3.89. The molecule has 0 bridgehead atoms. The summed E-state index contributed by atoms with van der Waals surface area (Å²) < 4.78 is 5.43. The van der Waals surface area contributed by atoms with E-state index in [0.29, 0.717) is 5.92 Å². The summed E-state index contributed by atoms with van der Waals surface area (Å²) in [5.41, 5.74) is 3.15. The first-order chi connectivity index (χ1) is 11.4. The number of nitrogens with one attached hydrogen (secondary N) is 2. The first kappa shape index (κ1) is 14.1. The van der Waals surface area contributed by atoms with E-state index in [0.717, 1.165) is 48.0 Å². The van der Waals surface area contributed by atoms with Gasteiger partial charge in [0, 0.05) is 24.7 Å². The number of quaternary nitrogens is 1. The molecule has 1 unspecified atom stereocenters. The van der Waals surface area contributed by atoms with E-state index in [1.807, 2.05) is 36.5 Å². The lowest BCUT2D eigenvalue weighted by Gasteiger charge is -2.19. The monoisotopic (exact) mass is 305 g/mol. The van der Waals surface area contributed by atoms with Crippen molar-refractivity contribution in [1.29, 1.82) is 0 Å². The summed E-state index contributed by atoms with van der Waals surface area (Å²) in [4.78, 5) is 3.32. The van der Waals surface area contributed by atoms with Gasteiger partial charge in [0.15, 0.2) is 12.4 Å². The first-order valence-electron chi connectivity index (χ1n) is 8.02. The summed E-state index contributed by atoms with van der Waals surface area (Å²) >= 11 is 0. The Morgan fingerprint density at radius 3 is 2.78 bits per heavy atom. The molecule has 1 fully saturated rings. The minimum Gasteiger partial charge on any atom is -0.381 e. The van der Waals surface area contributed by atoms with Crippen LogP contribution in [0.2, 0.25) is 0 Å². The van der Waals surface area contributed by atoms with Crippen LogP contribution in [0.25, 0.3) is 0 Å². The Morgan fingerprint density at radius 1 is 1.13 bits per heavy atom. The number of nitrogens with zero attached hydrogens (tertiary/aromatic N) is 1. The van der Waals surface area contributed by atoms with Gasteiger partial charge in [-0.2, -0.15) is 4.99 Å². The molecule has 3 aliphatic rings. The predicted octanol–water partition coefficient (Wildman–Crippen LogP) is -0.390. The zero-order chi connectivity index (χ0) is 15.5. The fourth-order valence-corrected chi connectivity index (χ4v) is 2.96. The molecule has 1 aromatic rings. The van der Waals surface area contributed by atoms with Crippen LogP contribution in [0.1, 0.15) is 18.4 Å². The van der Waals surface area contributed by atoms with Crippen LogP contribution in [0.3, 0.4) is 0 Å². The second-order valence-electron chi connectivity index (χ2n) is 5.87. The Balaban J connectivity index is 1.52. The highest BCUT2D eigenvalue weighted by Gasteiger charge is 2.34. The summed E-state index contributed by atoms with van der Waals surface area (Å²) in [6.07, 6.45) is 8.30. The Morgan fingerprint density at radius 2 is 1.96 bits per heavy atom. The molecule has 0 aromatic heterocycles. The Labute approximate surface area is 135 Å².